The zero-order chi connectivity index (χ0) is 25.0. The molecular formula is C24H32ClN3O4S. The molecule has 0 saturated heterocycles. The lowest BCUT2D eigenvalue weighted by Gasteiger charge is -2.31. The van der Waals surface area contributed by atoms with Gasteiger partial charge in [0.15, 0.2) is 0 Å². The van der Waals surface area contributed by atoms with Gasteiger partial charge in [-0.05, 0) is 47.7 Å². The Morgan fingerprint density at radius 3 is 2.03 bits per heavy atom. The van der Waals surface area contributed by atoms with E-state index in [9.17, 15) is 18.0 Å². The van der Waals surface area contributed by atoms with Crippen LogP contribution in [0.5, 0.6) is 0 Å². The first-order valence-electron chi connectivity index (χ1n) is 10.6. The molecule has 0 heterocycles. The van der Waals surface area contributed by atoms with Gasteiger partial charge in [-0.2, -0.15) is 0 Å². The Morgan fingerprint density at radius 1 is 1.03 bits per heavy atom. The molecule has 2 aromatic carbocycles. The molecule has 1 unspecified atom stereocenters. The first kappa shape index (κ1) is 26.7. The quantitative estimate of drug-likeness (QED) is 0.609. The fourth-order valence-corrected chi connectivity index (χ4v) is 4.30. The predicted molar refractivity (Wildman–Crippen MR) is 133 cm³/mol. The van der Waals surface area contributed by atoms with Gasteiger partial charge >= 0.3 is 0 Å². The van der Waals surface area contributed by atoms with Crippen LogP contribution in [0.15, 0.2) is 48.5 Å². The van der Waals surface area contributed by atoms with E-state index in [0.29, 0.717) is 10.7 Å². The highest BCUT2D eigenvalue weighted by atomic mass is 35.5. The molecule has 0 saturated carbocycles. The largest absolute Gasteiger partial charge is 0.357 e. The summed E-state index contributed by atoms with van der Waals surface area (Å²) in [6.07, 6.45) is 1.06. The minimum Gasteiger partial charge on any atom is -0.357 e. The van der Waals surface area contributed by atoms with Crippen molar-refractivity contribution in [3.05, 3.63) is 64.7 Å². The molecule has 2 rings (SSSR count). The maximum atomic E-state index is 13.3. The number of carbonyl (C=O) groups is 2. The average Bonchev–Trinajstić information content (AvgIpc) is 2.74. The van der Waals surface area contributed by atoms with Gasteiger partial charge in [0, 0.05) is 18.6 Å². The molecule has 1 atom stereocenters. The van der Waals surface area contributed by atoms with Crippen LogP contribution >= 0.6 is 11.6 Å². The molecule has 0 fully saturated rings. The van der Waals surface area contributed by atoms with E-state index in [2.05, 4.69) is 26.1 Å². The van der Waals surface area contributed by atoms with Crippen molar-refractivity contribution in [2.75, 3.05) is 24.2 Å². The van der Waals surface area contributed by atoms with Crippen LogP contribution in [0.1, 0.15) is 38.8 Å². The molecule has 180 valence electrons. The highest BCUT2D eigenvalue weighted by Gasteiger charge is 2.29. The molecule has 2 aromatic rings. The highest BCUT2D eigenvalue weighted by Crippen LogP contribution is 2.26. The minimum absolute atomic E-state index is 0.0946. The third kappa shape index (κ3) is 7.20. The molecule has 0 radical (unpaired) electrons. The number of likely N-dealkylation sites (N-methyl/N-ethyl adjacent to an activating group) is 1. The summed E-state index contributed by atoms with van der Waals surface area (Å²) in [7, 11) is -2.27. The van der Waals surface area contributed by atoms with Crippen LogP contribution in [0.4, 0.5) is 5.69 Å². The van der Waals surface area contributed by atoms with Crippen LogP contribution in [0.25, 0.3) is 0 Å². The van der Waals surface area contributed by atoms with Gasteiger partial charge in [0.25, 0.3) is 0 Å². The molecule has 0 aliphatic carbocycles. The summed E-state index contributed by atoms with van der Waals surface area (Å²) in [5.74, 6) is -0.843. The fourth-order valence-electron chi connectivity index (χ4n) is 3.32. The first-order chi connectivity index (χ1) is 15.2. The van der Waals surface area contributed by atoms with Crippen molar-refractivity contribution < 1.29 is 18.0 Å². The molecular weight excluding hydrogens is 462 g/mol. The molecule has 0 aliphatic heterocycles. The van der Waals surface area contributed by atoms with E-state index in [0.717, 1.165) is 21.7 Å². The standard InChI is InChI=1S/C24H32ClN3O4S/c1-17(23(30)26-5)27(15-18-7-11-20(25)12-8-18)22(29)16-28(33(6,31)32)21-13-9-19(10-14-21)24(2,3)4/h7-14,17H,15-16H2,1-6H3,(H,26,30). The Morgan fingerprint density at radius 2 is 1.58 bits per heavy atom. The molecule has 0 spiro atoms. The molecule has 0 bridgehead atoms. The van der Waals surface area contributed by atoms with Gasteiger partial charge in [-0.15, -0.1) is 0 Å². The third-order valence-corrected chi connectivity index (χ3v) is 6.77. The van der Waals surface area contributed by atoms with E-state index in [1.165, 1.54) is 11.9 Å². The SMILES string of the molecule is CNC(=O)C(C)N(Cc1ccc(Cl)cc1)C(=O)CN(c1ccc(C(C)(C)C)cc1)S(C)(=O)=O. The van der Waals surface area contributed by atoms with Crippen LogP contribution in [-0.4, -0.2) is 51.0 Å². The smallest absolute Gasteiger partial charge is 0.244 e. The van der Waals surface area contributed by atoms with Crippen molar-refractivity contribution in [3.8, 4) is 0 Å². The second-order valence-electron chi connectivity index (χ2n) is 9.00. The Labute approximate surface area is 201 Å². The molecule has 0 aromatic heterocycles. The number of nitrogens with zero attached hydrogens (tertiary/aromatic N) is 2. The topological polar surface area (TPSA) is 86.8 Å². The number of benzene rings is 2. The lowest BCUT2D eigenvalue weighted by Crippen LogP contribution is -2.50. The third-order valence-electron chi connectivity index (χ3n) is 5.38. The molecule has 0 aliphatic rings. The zero-order valence-corrected chi connectivity index (χ0v) is 21.5. The maximum absolute atomic E-state index is 13.3. The summed E-state index contributed by atoms with van der Waals surface area (Å²) < 4.78 is 26.2. The zero-order valence-electron chi connectivity index (χ0n) is 19.9. The first-order valence-corrected chi connectivity index (χ1v) is 12.8. The van der Waals surface area contributed by atoms with Gasteiger partial charge < -0.3 is 10.2 Å². The number of halogens is 1. The van der Waals surface area contributed by atoms with Gasteiger partial charge in [-0.3, -0.25) is 13.9 Å². The molecule has 2 amide bonds. The number of hydrogen-bond acceptors (Lipinski definition) is 4. The van der Waals surface area contributed by atoms with Crippen LogP contribution in [0.3, 0.4) is 0 Å². The Bertz CT molecular complexity index is 1080. The number of sulfonamides is 1. The van der Waals surface area contributed by atoms with Gasteiger partial charge in [0.1, 0.15) is 12.6 Å². The van der Waals surface area contributed by atoms with Crippen LogP contribution in [0, 0.1) is 0 Å². The predicted octanol–water partition coefficient (Wildman–Crippen LogP) is 3.57. The normalized spacial score (nSPS) is 12.7. The molecule has 9 heteroatoms. The van der Waals surface area contributed by atoms with Crippen LogP contribution in [0.2, 0.25) is 5.02 Å². The summed E-state index contributed by atoms with van der Waals surface area (Å²) in [5.41, 5.74) is 2.10. The average molecular weight is 494 g/mol. The van der Waals surface area contributed by atoms with Crippen molar-refractivity contribution in [2.24, 2.45) is 0 Å². The van der Waals surface area contributed by atoms with E-state index in [1.807, 2.05) is 12.1 Å². The van der Waals surface area contributed by atoms with Gasteiger partial charge in [-0.1, -0.05) is 56.6 Å². The van der Waals surface area contributed by atoms with E-state index >= 15 is 0 Å². The monoisotopic (exact) mass is 493 g/mol. The summed E-state index contributed by atoms with van der Waals surface area (Å²) in [4.78, 5) is 27.0. The lowest BCUT2D eigenvalue weighted by atomic mass is 9.87. The van der Waals surface area contributed by atoms with Crippen LogP contribution in [-0.2, 0) is 31.6 Å². The molecule has 33 heavy (non-hydrogen) atoms. The maximum Gasteiger partial charge on any atom is 0.244 e. The molecule has 1 N–H and O–H groups in total. The van der Waals surface area contributed by atoms with Gasteiger partial charge in [-0.25, -0.2) is 8.42 Å². The lowest BCUT2D eigenvalue weighted by molar-refractivity contribution is -0.139. The van der Waals surface area contributed by atoms with Crippen LogP contribution < -0.4 is 9.62 Å². The number of amides is 2. The fraction of sp³-hybridized carbons (Fsp3) is 0.417. The second kappa shape index (κ2) is 10.6. The number of carbonyl (C=O) groups excluding carboxylic acids is 2. The van der Waals surface area contributed by atoms with Gasteiger partial charge in [0.2, 0.25) is 21.8 Å². The van der Waals surface area contributed by atoms with Gasteiger partial charge in [0.05, 0.1) is 11.9 Å². The van der Waals surface area contributed by atoms with Crippen molar-refractivity contribution >= 4 is 39.1 Å². The summed E-state index contributed by atoms with van der Waals surface area (Å²) in [5, 5.41) is 3.10. The summed E-state index contributed by atoms with van der Waals surface area (Å²) in [6.45, 7) is 7.50. The highest BCUT2D eigenvalue weighted by molar-refractivity contribution is 7.92. The Balaban J connectivity index is 2.37. The molecule has 7 nitrogen and oxygen atoms in total. The Hall–Kier alpha value is -2.58. The van der Waals surface area contributed by atoms with Crippen molar-refractivity contribution in [3.63, 3.8) is 0 Å². The number of rotatable bonds is 8. The van der Waals surface area contributed by atoms with E-state index in [1.54, 1.807) is 43.3 Å². The van der Waals surface area contributed by atoms with E-state index in [4.69, 9.17) is 11.6 Å². The summed E-state index contributed by atoms with van der Waals surface area (Å²) in [6, 6.07) is 13.2. The Kier molecular flexibility index (Phi) is 8.54. The van der Waals surface area contributed by atoms with Crippen molar-refractivity contribution in [1.29, 1.82) is 0 Å². The van der Waals surface area contributed by atoms with Crippen molar-refractivity contribution in [2.45, 2.75) is 45.7 Å². The minimum atomic E-state index is -3.76. The van der Waals surface area contributed by atoms with Crippen molar-refractivity contribution in [1.82, 2.24) is 10.2 Å². The number of anilines is 1. The second-order valence-corrected chi connectivity index (χ2v) is 11.3. The summed E-state index contributed by atoms with van der Waals surface area (Å²) >= 11 is 5.95. The number of nitrogens with one attached hydrogen (secondary N) is 1. The van der Waals surface area contributed by atoms with E-state index < -0.39 is 28.5 Å². The van der Waals surface area contributed by atoms with E-state index in [-0.39, 0.29) is 17.9 Å². The number of hydrogen-bond donors (Lipinski definition) is 1.